The van der Waals surface area contributed by atoms with E-state index in [1.54, 1.807) is 0 Å². The van der Waals surface area contributed by atoms with E-state index in [0.29, 0.717) is 5.92 Å². The minimum atomic E-state index is 0.643. The summed E-state index contributed by atoms with van der Waals surface area (Å²) in [4.78, 5) is 0. The Morgan fingerprint density at radius 3 is 3.14 bits per heavy atom. The second-order valence-electron chi connectivity index (χ2n) is 3.75. The van der Waals surface area contributed by atoms with Crippen LogP contribution >= 0.6 is 0 Å². The molecule has 2 rings (SSSR count). The summed E-state index contributed by atoms with van der Waals surface area (Å²) in [6.07, 6.45) is 13.9. The molecule has 1 unspecified atom stereocenters. The molecule has 0 saturated carbocycles. The van der Waals surface area contributed by atoms with Crippen molar-refractivity contribution in [2.45, 2.75) is 19.3 Å². The fourth-order valence-corrected chi connectivity index (χ4v) is 1.94. The van der Waals surface area contributed by atoms with Crippen LogP contribution in [0.3, 0.4) is 0 Å². The van der Waals surface area contributed by atoms with Gasteiger partial charge in [0.15, 0.2) is 0 Å². The molecule has 1 fully saturated rings. The minimum absolute atomic E-state index is 0.643. The summed E-state index contributed by atoms with van der Waals surface area (Å²) < 4.78 is 5.46. The molecule has 0 aromatic rings. The van der Waals surface area contributed by atoms with E-state index in [1.165, 1.54) is 18.5 Å². The number of hydrogen-bond acceptors (Lipinski definition) is 2. The molecule has 2 heteroatoms. The highest BCUT2D eigenvalue weighted by Gasteiger charge is 2.15. The molecule has 2 nitrogen and oxygen atoms in total. The van der Waals surface area contributed by atoms with Crippen molar-refractivity contribution < 1.29 is 4.74 Å². The molecule has 0 spiro atoms. The van der Waals surface area contributed by atoms with Gasteiger partial charge < -0.3 is 10.1 Å². The average molecular weight is 191 g/mol. The first-order valence-corrected chi connectivity index (χ1v) is 5.34. The SMILES string of the molecule is C1=CC=C(C2CCCOCC2)NC=C1. The molecule has 0 radical (unpaired) electrons. The van der Waals surface area contributed by atoms with Crippen LogP contribution in [0.4, 0.5) is 0 Å². The Morgan fingerprint density at radius 1 is 1.14 bits per heavy atom. The Labute approximate surface area is 85.3 Å². The summed E-state index contributed by atoms with van der Waals surface area (Å²) in [5.41, 5.74) is 1.33. The van der Waals surface area contributed by atoms with E-state index in [2.05, 4.69) is 17.5 Å². The monoisotopic (exact) mass is 191 g/mol. The van der Waals surface area contributed by atoms with Crippen LogP contribution in [-0.4, -0.2) is 13.2 Å². The minimum Gasteiger partial charge on any atom is -0.381 e. The van der Waals surface area contributed by atoms with E-state index in [-0.39, 0.29) is 0 Å². The standard InChI is InChI=1S/C12H17NO/c1-2-6-12(13-8-3-1)11-5-4-9-14-10-7-11/h1-3,6,8,11,13H,4-5,7,9-10H2. The topological polar surface area (TPSA) is 21.3 Å². The molecule has 1 N–H and O–H groups in total. The van der Waals surface area contributed by atoms with Crippen molar-refractivity contribution in [3.8, 4) is 0 Å². The molecule has 0 aromatic carbocycles. The quantitative estimate of drug-likeness (QED) is 0.687. The van der Waals surface area contributed by atoms with Crippen LogP contribution in [0.25, 0.3) is 0 Å². The van der Waals surface area contributed by atoms with Gasteiger partial charge in [-0.2, -0.15) is 0 Å². The molecule has 2 aliphatic heterocycles. The normalized spacial score (nSPS) is 27.4. The largest absolute Gasteiger partial charge is 0.381 e. The Kier molecular flexibility index (Phi) is 3.41. The Morgan fingerprint density at radius 2 is 2.14 bits per heavy atom. The summed E-state index contributed by atoms with van der Waals surface area (Å²) in [5, 5.41) is 3.34. The van der Waals surface area contributed by atoms with Crippen LogP contribution in [0.15, 0.2) is 36.2 Å². The smallest absolute Gasteiger partial charge is 0.0472 e. The molecule has 0 aliphatic carbocycles. The third-order valence-electron chi connectivity index (χ3n) is 2.74. The lowest BCUT2D eigenvalue weighted by Gasteiger charge is -2.16. The number of rotatable bonds is 1. The predicted octanol–water partition coefficient (Wildman–Crippen LogP) is 2.36. The Bertz CT molecular complexity index is 257. The van der Waals surface area contributed by atoms with E-state index in [9.17, 15) is 0 Å². The summed E-state index contributed by atoms with van der Waals surface area (Å²) >= 11 is 0. The predicted molar refractivity (Wildman–Crippen MR) is 57.7 cm³/mol. The summed E-state index contributed by atoms with van der Waals surface area (Å²) in [7, 11) is 0. The highest BCUT2D eigenvalue weighted by molar-refractivity contribution is 5.22. The summed E-state index contributed by atoms with van der Waals surface area (Å²) in [6, 6.07) is 0. The van der Waals surface area contributed by atoms with Crippen LogP contribution in [0.5, 0.6) is 0 Å². The molecule has 0 amide bonds. The van der Waals surface area contributed by atoms with Crippen LogP contribution in [0, 0.1) is 5.92 Å². The fraction of sp³-hybridized carbons (Fsp3) is 0.500. The van der Waals surface area contributed by atoms with E-state index in [1.807, 2.05) is 18.4 Å². The lowest BCUT2D eigenvalue weighted by molar-refractivity contribution is 0.142. The van der Waals surface area contributed by atoms with Crippen molar-refractivity contribution in [2.75, 3.05) is 13.2 Å². The lowest BCUT2D eigenvalue weighted by Crippen LogP contribution is -2.15. The summed E-state index contributed by atoms with van der Waals surface area (Å²) in [6.45, 7) is 1.83. The second kappa shape index (κ2) is 5.01. The van der Waals surface area contributed by atoms with Gasteiger partial charge >= 0.3 is 0 Å². The van der Waals surface area contributed by atoms with Crippen LogP contribution in [0.1, 0.15) is 19.3 Å². The molecule has 14 heavy (non-hydrogen) atoms. The number of allylic oxidation sites excluding steroid dienone is 5. The maximum Gasteiger partial charge on any atom is 0.0472 e. The third kappa shape index (κ3) is 2.48. The van der Waals surface area contributed by atoms with Gasteiger partial charge in [-0.05, 0) is 31.4 Å². The van der Waals surface area contributed by atoms with Gasteiger partial charge in [0.1, 0.15) is 0 Å². The van der Waals surface area contributed by atoms with Crippen molar-refractivity contribution in [1.82, 2.24) is 5.32 Å². The van der Waals surface area contributed by atoms with Gasteiger partial charge in [0, 0.05) is 31.0 Å². The highest BCUT2D eigenvalue weighted by atomic mass is 16.5. The van der Waals surface area contributed by atoms with Gasteiger partial charge in [0.2, 0.25) is 0 Å². The number of ether oxygens (including phenoxy) is 1. The Hall–Kier alpha value is -1.02. The zero-order chi connectivity index (χ0) is 9.64. The van der Waals surface area contributed by atoms with Crippen molar-refractivity contribution >= 4 is 0 Å². The molecular formula is C12H17NO. The molecule has 2 heterocycles. The van der Waals surface area contributed by atoms with Gasteiger partial charge in [0.05, 0.1) is 0 Å². The summed E-state index contributed by atoms with van der Waals surface area (Å²) in [5.74, 6) is 0.643. The average Bonchev–Trinajstić information content (AvgIpc) is 2.62. The Balaban J connectivity index is 2.01. The van der Waals surface area contributed by atoms with Gasteiger partial charge in [-0.1, -0.05) is 12.2 Å². The van der Waals surface area contributed by atoms with Crippen LogP contribution < -0.4 is 5.32 Å². The van der Waals surface area contributed by atoms with Crippen LogP contribution in [-0.2, 0) is 4.74 Å². The van der Waals surface area contributed by atoms with E-state index >= 15 is 0 Å². The van der Waals surface area contributed by atoms with Gasteiger partial charge in [-0.25, -0.2) is 0 Å². The first-order valence-electron chi connectivity index (χ1n) is 5.34. The van der Waals surface area contributed by atoms with Crippen molar-refractivity contribution in [3.63, 3.8) is 0 Å². The van der Waals surface area contributed by atoms with Crippen LogP contribution in [0.2, 0.25) is 0 Å². The first kappa shape index (κ1) is 9.53. The van der Waals surface area contributed by atoms with Gasteiger partial charge in [0.25, 0.3) is 0 Å². The maximum absolute atomic E-state index is 5.46. The molecule has 1 saturated heterocycles. The van der Waals surface area contributed by atoms with E-state index in [4.69, 9.17) is 4.74 Å². The van der Waals surface area contributed by atoms with Crippen molar-refractivity contribution in [3.05, 3.63) is 36.2 Å². The highest BCUT2D eigenvalue weighted by Crippen LogP contribution is 2.22. The maximum atomic E-state index is 5.46. The molecule has 0 bridgehead atoms. The van der Waals surface area contributed by atoms with Crippen molar-refractivity contribution in [1.29, 1.82) is 0 Å². The van der Waals surface area contributed by atoms with Gasteiger partial charge in [-0.3, -0.25) is 0 Å². The zero-order valence-corrected chi connectivity index (χ0v) is 8.41. The van der Waals surface area contributed by atoms with Gasteiger partial charge in [-0.15, -0.1) is 0 Å². The number of hydrogen-bond donors (Lipinski definition) is 1. The molecule has 76 valence electrons. The molecule has 1 atom stereocenters. The lowest BCUT2D eigenvalue weighted by atomic mass is 9.96. The third-order valence-corrected chi connectivity index (χ3v) is 2.74. The van der Waals surface area contributed by atoms with Crippen molar-refractivity contribution in [2.24, 2.45) is 5.92 Å². The van der Waals surface area contributed by atoms with E-state index < -0.39 is 0 Å². The van der Waals surface area contributed by atoms with E-state index in [0.717, 1.165) is 19.6 Å². The molecule has 2 aliphatic rings. The molecular weight excluding hydrogens is 174 g/mol. The fourth-order valence-electron chi connectivity index (χ4n) is 1.94. The molecule has 0 aromatic heterocycles. The number of nitrogens with one attached hydrogen (secondary N) is 1. The zero-order valence-electron chi connectivity index (χ0n) is 8.41. The first-order chi connectivity index (χ1) is 6.97. The second-order valence-corrected chi connectivity index (χ2v) is 3.75.